The number of hydrogen-bond donors (Lipinski definition) is 3. The molecule has 0 aromatic carbocycles. The van der Waals surface area contributed by atoms with Crippen molar-refractivity contribution in [2.45, 2.75) is 65.3 Å². The van der Waals surface area contributed by atoms with Crippen molar-refractivity contribution in [3.8, 4) is 0 Å². The summed E-state index contributed by atoms with van der Waals surface area (Å²) in [7, 11) is -3.71. The van der Waals surface area contributed by atoms with Gasteiger partial charge in [0.15, 0.2) is 0 Å². The molecule has 1 aliphatic rings. The van der Waals surface area contributed by atoms with Crippen molar-refractivity contribution in [2.24, 2.45) is 11.3 Å². The maximum Gasteiger partial charge on any atom is 0.311 e. The molecule has 0 spiro atoms. The van der Waals surface area contributed by atoms with Crippen LogP contribution >= 0.6 is 0 Å². The Bertz CT molecular complexity index is 535. The van der Waals surface area contributed by atoms with Gasteiger partial charge in [-0.05, 0) is 44.4 Å². The zero-order chi connectivity index (χ0) is 18.4. The first-order valence-electron chi connectivity index (χ1n) is 8.64. The molecule has 1 amide bonds. The van der Waals surface area contributed by atoms with E-state index in [0.717, 1.165) is 25.7 Å². The van der Waals surface area contributed by atoms with Crippen LogP contribution in [0.2, 0.25) is 0 Å². The Hall–Kier alpha value is -1.15. The van der Waals surface area contributed by atoms with Gasteiger partial charge in [-0.3, -0.25) is 9.59 Å². The number of carboxylic acids is 1. The van der Waals surface area contributed by atoms with E-state index in [-0.39, 0.29) is 12.6 Å². The van der Waals surface area contributed by atoms with Crippen LogP contribution < -0.4 is 10.0 Å². The fraction of sp³-hybridized carbons (Fsp3) is 0.875. The van der Waals surface area contributed by atoms with E-state index >= 15 is 0 Å². The topological polar surface area (TPSA) is 113 Å². The van der Waals surface area contributed by atoms with Crippen molar-refractivity contribution in [1.29, 1.82) is 0 Å². The molecule has 1 aliphatic carbocycles. The van der Waals surface area contributed by atoms with E-state index in [2.05, 4.69) is 17.0 Å². The lowest BCUT2D eigenvalue weighted by molar-refractivity contribution is -0.149. The van der Waals surface area contributed by atoms with Gasteiger partial charge < -0.3 is 10.4 Å². The molecule has 0 saturated heterocycles. The standard InChI is InChI=1S/C16H30N2O5S/c1-4-16(5-2,15(20)21)11-17-14(19)10-24(22,23)18-13-8-6-12(3)7-9-13/h12-13,18H,4-11H2,1-3H3,(H,17,19)(H,20,21). The van der Waals surface area contributed by atoms with Gasteiger partial charge in [-0.25, -0.2) is 13.1 Å². The third kappa shape index (κ3) is 6.05. The van der Waals surface area contributed by atoms with Gasteiger partial charge in [0.1, 0.15) is 5.75 Å². The van der Waals surface area contributed by atoms with Crippen LogP contribution in [0.4, 0.5) is 0 Å². The van der Waals surface area contributed by atoms with Gasteiger partial charge in [-0.1, -0.05) is 20.8 Å². The Morgan fingerprint density at radius 1 is 1.12 bits per heavy atom. The Kier molecular flexibility index (Phi) is 7.66. The third-order valence-electron chi connectivity index (χ3n) is 5.11. The summed E-state index contributed by atoms with van der Waals surface area (Å²) < 4.78 is 26.8. The summed E-state index contributed by atoms with van der Waals surface area (Å²) in [6.45, 7) is 5.57. The van der Waals surface area contributed by atoms with Gasteiger partial charge in [0.05, 0.1) is 5.41 Å². The number of carbonyl (C=O) groups is 2. The van der Waals surface area contributed by atoms with Gasteiger partial charge in [-0.2, -0.15) is 0 Å². The molecule has 1 rings (SSSR count). The van der Waals surface area contributed by atoms with E-state index in [0.29, 0.717) is 18.8 Å². The Balaban J connectivity index is 2.52. The highest BCUT2D eigenvalue weighted by Crippen LogP contribution is 2.26. The lowest BCUT2D eigenvalue weighted by Gasteiger charge is -2.27. The fourth-order valence-electron chi connectivity index (χ4n) is 3.04. The van der Waals surface area contributed by atoms with Crippen molar-refractivity contribution < 1.29 is 23.1 Å². The summed E-state index contributed by atoms with van der Waals surface area (Å²) in [4.78, 5) is 23.3. The minimum Gasteiger partial charge on any atom is -0.481 e. The highest BCUT2D eigenvalue weighted by Gasteiger charge is 2.35. The van der Waals surface area contributed by atoms with Crippen molar-refractivity contribution in [3.05, 3.63) is 0 Å². The molecular weight excluding hydrogens is 332 g/mol. The minimum atomic E-state index is -3.71. The quantitative estimate of drug-likeness (QED) is 0.575. The molecule has 1 saturated carbocycles. The maximum absolute atomic E-state index is 12.1. The monoisotopic (exact) mass is 362 g/mol. The second-order valence-corrected chi connectivity index (χ2v) is 8.66. The van der Waals surface area contributed by atoms with Gasteiger partial charge in [0.25, 0.3) is 0 Å². The number of nitrogens with one attached hydrogen (secondary N) is 2. The van der Waals surface area contributed by atoms with E-state index < -0.39 is 33.1 Å². The molecule has 0 aliphatic heterocycles. The van der Waals surface area contributed by atoms with Crippen LogP contribution in [0, 0.1) is 11.3 Å². The number of aliphatic carboxylic acids is 1. The molecule has 0 heterocycles. The van der Waals surface area contributed by atoms with E-state index in [1.165, 1.54) is 0 Å². The Morgan fingerprint density at radius 2 is 1.67 bits per heavy atom. The number of carbonyl (C=O) groups excluding carboxylic acids is 1. The SMILES string of the molecule is CCC(CC)(CNC(=O)CS(=O)(=O)NC1CCC(C)CC1)C(=O)O. The first-order valence-corrected chi connectivity index (χ1v) is 10.3. The summed E-state index contributed by atoms with van der Waals surface area (Å²) in [6, 6.07) is -0.108. The van der Waals surface area contributed by atoms with Gasteiger partial charge in [0.2, 0.25) is 15.9 Å². The number of rotatable bonds is 9. The number of hydrogen-bond acceptors (Lipinski definition) is 4. The van der Waals surface area contributed by atoms with Crippen molar-refractivity contribution in [2.75, 3.05) is 12.3 Å². The molecule has 0 atom stereocenters. The Labute approximate surface area is 144 Å². The van der Waals surface area contributed by atoms with Crippen molar-refractivity contribution in [1.82, 2.24) is 10.0 Å². The molecule has 24 heavy (non-hydrogen) atoms. The first-order chi connectivity index (χ1) is 11.1. The van der Waals surface area contributed by atoms with Gasteiger partial charge in [0, 0.05) is 12.6 Å². The van der Waals surface area contributed by atoms with Crippen LogP contribution in [-0.4, -0.2) is 43.7 Å². The van der Waals surface area contributed by atoms with E-state index in [1.807, 2.05) is 0 Å². The normalized spacial score (nSPS) is 22.1. The van der Waals surface area contributed by atoms with E-state index in [1.54, 1.807) is 13.8 Å². The van der Waals surface area contributed by atoms with Gasteiger partial charge in [-0.15, -0.1) is 0 Å². The van der Waals surface area contributed by atoms with Crippen LogP contribution in [0.15, 0.2) is 0 Å². The molecule has 7 nitrogen and oxygen atoms in total. The summed E-state index contributed by atoms with van der Waals surface area (Å²) in [5.41, 5.74) is -1.05. The van der Waals surface area contributed by atoms with Gasteiger partial charge >= 0.3 is 5.97 Å². The molecule has 8 heteroatoms. The second-order valence-electron chi connectivity index (χ2n) is 6.90. The third-order valence-corrected chi connectivity index (χ3v) is 6.45. The molecule has 0 unspecified atom stereocenters. The van der Waals surface area contributed by atoms with Crippen LogP contribution in [0.1, 0.15) is 59.3 Å². The average molecular weight is 362 g/mol. The molecule has 3 N–H and O–H groups in total. The number of amides is 1. The van der Waals surface area contributed by atoms with E-state index in [9.17, 15) is 23.1 Å². The highest BCUT2D eigenvalue weighted by atomic mass is 32.2. The van der Waals surface area contributed by atoms with Crippen molar-refractivity contribution in [3.63, 3.8) is 0 Å². The lowest BCUT2D eigenvalue weighted by atomic mass is 9.82. The molecule has 1 fully saturated rings. The zero-order valence-electron chi connectivity index (χ0n) is 14.8. The first kappa shape index (κ1) is 20.9. The molecule has 0 radical (unpaired) electrons. The summed E-state index contributed by atoms with van der Waals surface area (Å²) in [5, 5.41) is 11.8. The molecule has 0 aromatic heterocycles. The maximum atomic E-state index is 12.1. The largest absolute Gasteiger partial charge is 0.481 e. The van der Waals surface area contributed by atoms with Crippen LogP contribution in [0.25, 0.3) is 0 Å². The number of carboxylic acid groups (broad SMARTS) is 1. The summed E-state index contributed by atoms with van der Waals surface area (Å²) in [5.74, 6) is -1.70. The number of sulfonamides is 1. The molecule has 0 bridgehead atoms. The lowest BCUT2D eigenvalue weighted by Crippen LogP contribution is -2.46. The second kappa shape index (κ2) is 8.80. The summed E-state index contributed by atoms with van der Waals surface area (Å²) >= 11 is 0. The molecule has 0 aromatic rings. The minimum absolute atomic E-state index is 0.0649. The van der Waals surface area contributed by atoms with E-state index in [4.69, 9.17) is 0 Å². The molecular formula is C16H30N2O5S. The van der Waals surface area contributed by atoms with Crippen molar-refractivity contribution >= 4 is 21.9 Å². The average Bonchev–Trinajstić information content (AvgIpc) is 2.50. The highest BCUT2D eigenvalue weighted by molar-refractivity contribution is 7.90. The predicted octanol–water partition coefficient (Wildman–Crippen LogP) is 1.49. The predicted molar refractivity (Wildman–Crippen MR) is 92.0 cm³/mol. The summed E-state index contributed by atoms with van der Waals surface area (Å²) in [6.07, 6.45) is 4.27. The smallest absolute Gasteiger partial charge is 0.311 e. The zero-order valence-corrected chi connectivity index (χ0v) is 15.6. The molecule has 140 valence electrons. The fourth-order valence-corrected chi connectivity index (χ4v) is 4.32. The Morgan fingerprint density at radius 3 is 2.12 bits per heavy atom. The van der Waals surface area contributed by atoms with Crippen LogP contribution in [0.3, 0.4) is 0 Å². The van der Waals surface area contributed by atoms with Crippen LogP contribution in [0.5, 0.6) is 0 Å². The van der Waals surface area contributed by atoms with Crippen LogP contribution in [-0.2, 0) is 19.6 Å².